The van der Waals surface area contributed by atoms with Gasteiger partial charge in [-0.1, -0.05) is 12.1 Å². The molecule has 1 aromatic carbocycles. The maximum atomic E-state index is 12.4. The molecule has 1 N–H and O–H groups in total. The monoisotopic (exact) mass is 327 g/mol. The van der Waals surface area contributed by atoms with Gasteiger partial charge in [0.25, 0.3) is 0 Å². The van der Waals surface area contributed by atoms with Crippen molar-refractivity contribution >= 4 is 17.5 Å². The summed E-state index contributed by atoms with van der Waals surface area (Å²) < 4.78 is 37.1. The Labute approximate surface area is 131 Å². The summed E-state index contributed by atoms with van der Waals surface area (Å²) in [5, 5.41) is 10.8. The zero-order valence-corrected chi connectivity index (χ0v) is 12.6. The largest absolute Gasteiger partial charge is 0.393 e. The van der Waals surface area contributed by atoms with Gasteiger partial charge in [-0.05, 0) is 24.6 Å². The van der Waals surface area contributed by atoms with E-state index in [0.29, 0.717) is 0 Å². The molecular weight excluding hydrogens is 311 g/mol. The van der Waals surface area contributed by atoms with Crippen molar-refractivity contribution < 1.29 is 22.8 Å². The van der Waals surface area contributed by atoms with Crippen molar-refractivity contribution in [2.24, 2.45) is 0 Å². The average Bonchev–Trinajstić information content (AvgIpc) is 2.44. The molecule has 0 saturated carbocycles. The first kappa shape index (κ1) is 18.5. The molecule has 8 heteroatoms. The first-order chi connectivity index (χ1) is 10.6. The van der Waals surface area contributed by atoms with Gasteiger partial charge in [0.15, 0.2) is 0 Å². The fourth-order valence-electron chi connectivity index (χ4n) is 1.80. The second-order valence-corrected chi connectivity index (χ2v) is 5.07. The second-order valence-electron chi connectivity index (χ2n) is 5.07. The highest BCUT2D eigenvalue weighted by Crippen LogP contribution is 2.22. The molecule has 0 saturated heterocycles. The molecule has 0 bridgehead atoms. The van der Waals surface area contributed by atoms with Gasteiger partial charge in [0, 0.05) is 18.8 Å². The highest BCUT2D eigenvalue weighted by Gasteiger charge is 2.28. The molecule has 0 heterocycles. The molecule has 1 atom stereocenters. The third-order valence-electron chi connectivity index (χ3n) is 3.15. The van der Waals surface area contributed by atoms with Crippen LogP contribution in [0, 0.1) is 11.3 Å². The number of hydrogen-bond acceptors (Lipinski definition) is 3. The van der Waals surface area contributed by atoms with Gasteiger partial charge in [0.2, 0.25) is 0 Å². The van der Waals surface area contributed by atoms with Crippen molar-refractivity contribution in [3.8, 4) is 6.07 Å². The highest BCUT2D eigenvalue weighted by molar-refractivity contribution is 6.39. The lowest BCUT2D eigenvalue weighted by molar-refractivity contribution is -0.143. The van der Waals surface area contributed by atoms with Crippen molar-refractivity contribution in [2.45, 2.75) is 32.0 Å². The summed E-state index contributed by atoms with van der Waals surface area (Å²) in [6.45, 7) is 1.61. The zero-order valence-electron chi connectivity index (χ0n) is 12.6. The van der Waals surface area contributed by atoms with E-state index in [1.807, 2.05) is 6.07 Å². The van der Waals surface area contributed by atoms with Gasteiger partial charge < -0.3 is 10.2 Å². The van der Waals surface area contributed by atoms with Gasteiger partial charge in [0.1, 0.15) is 0 Å². The molecular formula is C15H16F3N3O2. The number of carbonyl (C=O) groups is 2. The van der Waals surface area contributed by atoms with Crippen LogP contribution in [0.5, 0.6) is 0 Å². The molecule has 0 fully saturated rings. The lowest BCUT2D eigenvalue weighted by Crippen LogP contribution is -2.42. The number of nitriles is 1. The molecule has 1 rings (SSSR count). The van der Waals surface area contributed by atoms with Gasteiger partial charge in [-0.25, -0.2) is 0 Å². The minimum absolute atomic E-state index is 0.0195. The molecule has 0 radical (unpaired) electrons. The fraction of sp³-hybridized carbons (Fsp3) is 0.400. The van der Waals surface area contributed by atoms with Crippen LogP contribution in [0.4, 0.5) is 18.9 Å². The first-order valence-electron chi connectivity index (χ1n) is 6.75. The molecule has 23 heavy (non-hydrogen) atoms. The van der Waals surface area contributed by atoms with E-state index in [9.17, 15) is 22.8 Å². The maximum Gasteiger partial charge on any atom is 0.393 e. The number of anilines is 1. The minimum atomic E-state index is -4.36. The lowest BCUT2D eigenvalue weighted by Gasteiger charge is -2.22. The Morgan fingerprint density at radius 1 is 1.39 bits per heavy atom. The zero-order chi connectivity index (χ0) is 17.6. The number of amides is 2. The van der Waals surface area contributed by atoms with Crippen molar-refractivity contribution in [1.29, 1.82) is 5.26 Å². The normalized spacial score (nSPS) is 12.2. The Bertz CT molecular complexity index is 623. The van der Waals surface area contributed by atoms with E-state index in [-0.39, 0.29) is 17.7 Å². The van der Waals surface area contributed by atoms with Crippen molar-refractivity contribution in [1.82, 2.24) is 4.90 Å². The maximum absolute atomic E-state index is 12.4. The Hall–Kier alpha value is -2.56. The summed E-state index contributed by atoms with van der Waals surface area (Å²) in [5.41, 5.74) is 0.0837. The summed E-state index contributed by atoms with van der Waals surface area (Å²) in [6, 6.07) is 6.64. The van der Waals surface area contributed by atoms with Crippen molar-refractivity contribution in [2.75, 3.05) is 12.4 Å². The van der Waals surface area contributed by atoms with Crippen LogP contribution < -0.4 is 5.32 Å². The number of rotatable bonds is 4. The van der Waals surface area contributed by atoms with Gasteiger partial charge in [-0.3, -0.25) is 9.59 Å². The van der Waals surface area contributed by atoms with Crippen LogP contribution in [0.3, 0.4) is 0 Å². The van der Waals surface area contributed by atoms with Gasteiger partial charge in [0.05, 0.1) is 18.9 Å². The van der Waals surface area contributed by atoms with Gasteiger partial charge in [-0.15, -0.1) is 0 Å². The van der Waals surface area contributed by atoms with E-state index < -0.39 is 30.5 Å². The smallest absolute Gasteiger partial charge is 0.334 e. The Morgan fingerprint density at radius 2 is 2.04 bits per heavy atom. The van der Waals surface area contributed by atoms with E-state index in [0.717, 1.165) is 11.0 Å². The quantitative estimate of drug-likeness (QED) is 0.864. The Balaban J connectivity index is 2.76. The van der Waals surface area contributed by atoms with Crippen LogP contribution in [0.1, 0.15) is 18.9 Å². The summed E-state index contributed by atoms with van der Waals surface area (Å²) in [6.07, 6.45) is -5.41. The third-order valence-corrected chi connectivity index (χ3v) is 3.15. The van der Waals surface area contributed by atoms with Crippen LogP contribution in [0.2, 0.25) is 0 Å². The highest BCUT2D eigenvalue weighted by atomic mass is 19.4. The molecule has 0 spiro atoms. The van der Waals surface area contributed by atoms with Crippen LogP contribution >= 0.6 is 0 Å². The number of benzene rings is 1. The molecule has 0 aromatic heterocycles. The SMILES string of the molecule is C[C@H](CC#N)N(C)C(=O)C(=O)Nc1cccc(CC(F)(F)F)c1. The predicted molar refractivity (Wildman–Crippen MR) is 77.3 cm³/mol. The molecule has 0 unspecified atom stereocenters. The van der Waals surface area contributed by atoms with Gasteiger partial charge >= 0.3 is 18.0 Å². The molecule has 124 valence electrons. The number of nitrogens with zero attached hydrogens (tertiary/aromatic N) is 2. The predicted octanol–water partition coefficient (Wildman–Crippen LogP) is 2.49. The average molecular weight is 327 g/mol. The van der Waals surface area contributed by atoms with E-state index >= 15 is 0 Å². The van der Waals surface area contributed by atoms with E-state index in [1.165, 1.54) is 25.2 Å². The number of hydrogen-bond donors (Lipinski definition) is 1. The van der Waals surface area contributed by atoms with E-state index in [1.54, 1.807) is 6.92 Å². The van der Waals surface area contributed by atoms with Crippen LogP contribution in [0.15, 0.2) is 24.3 Å². The van der Waals surface area contributed by atoms with Crippen molar-refractivity contribution in [3.63, 3.8) is 0 Å². The number of likely N-dealkylation sites (N-methyl/N-ethyl adjacent to an activating group) is 1. The molecule has 5 nitrogen and oxygen atoms in total. The summed E-state index contributed by atoms with van der Waals surface area (Å²) in [5.74, 6) is -1.84. The molecule has 1 aromatic rings. The van der Waals surface area contributed by atoms with Crippen LogP contribution in [0.25, 0.3) is 0 Å². The van der Waals surface area contributed by atoms with E-state index in [4.69, 9.17) is 5.26 Å². The molecule has 2 amide bonds. The third kappa shape index (κ3) is 5.98. The Kier molecular flexibility index (Phi) is 6.13. The number of halogens is 3. The number of alkyl halides is 3. The number of nitrogens with one attached hydrogen (secondary N) is 1. The lowest BCUT2D eigenvalue weighted by atomic mass is 10.1. The summed E-state index contributed by atoms with van der Waals surface area (Å²) in [4.78, 5) is 24.9. The summed E-state index contributed by atoms with van der Waals surface area (Å²) >= 11 is 0. The second kappa shape index (κ2) is 7.63. The van der Waals surface area contributed by atoms with Gasteiger partial charge in [-0.2, -0.15) is 18.4 Å². The Morgan fingerprint density at radius 3 is 2.61 bits per heavy atom. The number of carbonyl (C=O) groups excluding carboxylic acids is 2. The standard InChI is InChI=1S/C15H16F3N3O2/c1-10(6-7-19)21(2)14(23)13(22)20-12-5-3-4-11(8-12)9-15(16,17)18/h3-5,8,10H,6,9H2,1-2H3,(H,20,22)/t10-/m1/s1. The molecule has 0 aliphatic heterocycles. The first-order valence-corrected chi connectivity index (χ1v) is 6.75. The van der Waals surface area contributed by atoms with E-state index in [2.05, 4.69) is 5.32 Å². The van der Waals surface area contributed by atoms with Crippen LogP contribution in [-0.4, -0.2) is 36.0 Å². The van der Waals surface area contributed by atoms with Crippen molar-refractivity contribution in [3.05, 3.63) is 29.8 Å². The molecule has 0 aliphatic rings. The topological polar surface area (TPSA) is 73.2 Å². The fourth-order valence-corrected chi connectivity index (χ4v) is 1.80. The molecule has 0 aliphatic carbocycles. The minimum Gasteiger partial charge on any atom is -0.334 e. The van der Waals surface area contributed by atoms with Crippen LogP contribution in [-0.2, 0) is 16.0 Å². The summed E-state index contributed by atoms with van der Waals surface area (Å²) in [7, 11) is 1.38.